The highest BCUT2D eigenvalue weighted by Crippen LogP contribution is 2.23. The van der Waals surface area contributed by atoms with E-state index in [0.717, 1.165) is 31.7 Å². The number of likely N-dealkylation sites (N-methyl/N-ethyl adjacent to an activating group) is 1. The molecule has 0 aliphatic carbocycles. The minimum atomic E-state index is -0.339. The van der Waals surface area contributed by atoms with Gasteiger partial charge in [-0.2, -0.15) is 0 Å². The fourth-order valence-corrected chi connectivity index (χ4v) is 2.87. The first-order valence-electron chi connectivity index (χ1n) is 8.21. The highest BCUT2D eigenvalue weighted by molar-refractivity contribution is 5.84. The minimum Gasteiger partial charge on any atom is -0.396 e. The van der Waals surface area contributed by atoms with Crippen LogP contribution in [0.1, 0.15) is 26.7 Å². The molecule has 3 N–H and O–H groups in total. The molecule has 1 saturated heterocycles. The Bertz CT molecular complexity index is 523. The molecule has 7 heteroatoms. The van der Waals surface area contributed by atoms with Crippen LogP contribution in [-0.4, -0.2) is 53.8 Å². The zero-order valence-electron chi connectivity index (χ0n) is 14.1. The second-order valence-corrected chi connectivity index (χ2v) is 6.38. The van der Waals surface area contributed by atoms with E-state index >= 15 is 0 Å². The van der Waals surface area contributed by atoms with Crippen LogP contribution in [0.2, 0.25) is 0 Å². The lowest BCUT2D eigenvalue weighted by molar-refractivity contribution is -0.122. The lowest BCUT2D eigenvalue weighted by Gasteiger charge is -2.32. The molecule has 0 radical (unpaired) electrons. The fourth-order valence-electron chi connectivity index (χ4n) is 2.87. The number of rotatable bonds is 6. The monoisotopic (exact) mass is 321 g/mol. The number of anilines is 2. The van der Waals surface area contributed by atoms with E-state index in [0.29, 0.717) is 11.7 Å². The highest BCUT2D eigenvalue weighted by Gasteiger charge is 2.23. The maximum absolute atomic E-state index is 12.0. The Balaban J connectivity index is 2.11. The molecule has 2 unspecified atom stereocenters. The number of hydrogen-bond donors (Lipinski definition) is 3. The standard InChI is InChI=1S/C16H27N5O2/c1-11(2)15(16(23)17-3)20-13-7-14(19-10-18-13)21-6-4-5-12(8-21)9-22/h7,10-12,15,22H,4-6,8-9H2,1-3H3,(H,17,23)(H,18,19,20). The quantitative estimate of drug-likeness (QED) is 0.720. The maximum atomic E-state index is 12.0. The Hall–Kier alpha value is -1.89. The third kappa shape index (κ3) is 4.54. The van der Waals surface area contributed by atoms with Crippen molar-refractivity contribution in [3.05, 3.63) is 12.4 Å². The number of carbonyl (C=O) groups is 1. The van der Waals surface area contributed by atoms with Crippen LogP contribution < -0.4 is 15.5 Å². The molecule has 7 nitrogen and oxygen atoms in total. The Labute approximate surface area is 137 Å². The van der Waals surface area contributed by atoms with Crippen molar-refractivity contribution in [3.63, 3.8) is 0 Å². The van der Waals surface area contributed by atoms with Gasteiger partial charge >= 0.3 is 0 Å². The van der Waals surface area contributed by atoms with E-state index < -0.39 is 0 Å². The van der Waals surface area contributed by atoms with Gasteiger partial charge in [0.15, 0.2) is 0 Å². The molecule has 1 amide bonds. The van der Waals surface area contributed by atoms with Gasteiger partial charge in [-0.05, 0) is 24.7 Å². The van der Waals surface area contributed by atoms with E-state index in [4.69, 9.17) is 0 Å². The van der Waals surface area contributed by atoms with Crippen molar-refractivity contribution in [2.75, 3.05) is 37.0 Å². The van der Waals surface area contributed by atoms with Crippen molar-refractivity contribution >= 4 is 17.5 Å². The molecule has 23 heavy (non-hydrogen) atoms. The van der Waals surface area contributed by atoms with Crippen LogP contribution in [0.3, 0.4) is 0 Å². The van der Waals surface area contributed by atoms with Crippen molar-refractivity contribution in [3.8, 4) is 0 Å². The number of aromatic nitrogens is 2. The molecule has 1 aromatic rings. The van der Waals surface area contributed by atoms with Gasteiger partial charge in [-0.3, -0.25) is 4.79 Å². The second kappa shape index (κ2) is 8.10. The summed E-state index contributed by atoms with van der Waals surface area (Å²) in [5.41, 5.74) is 0. The molecule has 0 aromatic carbocycles. The smallest absolute Gasteiger partial charge is 0.242 e. The number of nitrogens with zero attached hydrogens (tertiary/aromatic N) is 3. The zero-order chi connectivity index (χ0) is 16.8. The number of aliphatic hydroxyl groups excluding tert-OH is 1. The molecule has 1 aliphatic rings. The summed E-state index contributed by atoms with van der Waals surface area (Å²) in [5, 5.41) is 15.2. The predicted molar refractivity (Wildman–Crippen MR) is 90.4 cm³/mol. The van der Waals surface area contributed by atoms with Gasteiger partial charge in [0.25, 0.3) is 0 Å². The van der Waals surface area contributed by atoms with Crippen LogP contribution in [0, 0.1) is 11.8 Å². The van der Waals surface area contributed by atoms with Gasteiger partial charge in [0.2, 0.25) is 5.91 Å². The summed E-state index contributed by atoms with van der Waals surface area (Å²) in [6, 6.07) is 1.53. The molecule has 2 atom stereocenters. The summed E-state index contributed by atoms with van der Waals surface area (Å²) in [6.07, 6.45) is 3.61. The first kappa shape index (κ1) is 17.5. The van der Waals surface area contributed by atoms with Gasteiger partial charge < -0.3 is 20.6 Å². The average Bonchev–Trinajstić information content (AvgIpc) is 2.59. The molecule has 0 bridgehead atoms. The van der Waals surface area contributed by atoms with E-state index in [1.165, 1.54) is 6.33 Å². The summed E-state index contributed by atoms with van der Waals surface area (Å²) in [4.78, 5) is 22.7. The summed E-state index contributed by atoms with van der Waals surface area (Å²) in [7, 11) is 1.63. The minimum absolute atomic E-state index is 0.0570. The molecular formula is C16H27N5O2. The number of amides is 1. The first-order chi connectivity index (χ1) is 11.0. The summed E-state index contributed by atoms with van der Waals surface area (Å²) < 4.78 is 0. The normalized spacial score (nSPS) is 19.5. The zero-order valence-corrected chi connectivity index (χ0v) is 14.1. The molecule has 1 aliphatic heterocycles. The lowest BCUT2D eigenvalue weighted by Crippen LogP contribution is -2.41. The van der Waals surface area contributed by atoms with Gasteiger partial charge in [-0.15, -0.1) is 0 Å². The van der Waals surface area contributed by atoms with Crippen molar-refractivity contribution in [1.29, 1.82) is 0 Å². The van der Waals surface area contributed by atoms with Gasteiger partial charge in [0, 0.05) is 32.8 Å². The van der Waals surface area contributed by atoms with Gasteiger partial charge in [-0.1, -0.05) is 13.8 Å². The van der Waals surface area contributed by atoms with Crippen molar-refractivity contribution in [2.45, 2.75) is 32.7 Å². The van der Waals surface area contributed by atoms with Gasteiger partial charge in [0.05, 0.1) is 0 Å². The van der Waals surface area contributed by atoms with Crippen LogP contribution in [0.15, 0.2) is 12.4 Å². The topological polar surface area (TPSA) is 90.4 Å². The lowest BCUT2D eigenvalue weighted by atomic mass is 9.99. The molecule has 2 heterocycles. The third-order valence-corrected chi connectivity index (χ3v) is 4.25. The fraction of sp³-hybridized carbons (Fsp3) is 0.688. The molecule has 0 saturated carbocycles. The van der Waals surface area contributed by atoms with Crippen LogP contribution in [-0.2, 0) is 4.79 Å². The molecule has 128 valence electrons. The summed E-state index contributed by atoms with van der Waals surface area (Å²) in [6.45, 7) is 5.92. The Kier molecular flexibility index (Phi) is 6.15. The molecule has 0 spiro atoms. The average molecular weight is 321 g/mol. The SMILES string of the molecule is CNC(=O)C(Nc1cc(N2CCCC(CO)C2)ncn1)C(C)C. The van der Waals surface area contributed by atoms with Crippen molar-refractivity contribution in [2.24, 2.45) is 11.8 Å². The molecule has 1 fully saturated rings. The predicted octanol–water partition coefficient (Wildman–Crippen LogP) is 0.868. The summed E-state index contributed by atoms with van der Waals surface area (Å²) >= 11 is 0. The Morgan fingerprint density at radius 2 is 2.26 bits per heavy atom. The number of carbonyl (C=O) groups excluding carboxylic acids is 1. The van der Waals surface area contributed by atoms with Crippen LogP contribution >= 0.6 is 0 Å². The van der Waals surface area contributed by atoms with Crippen LogP contribution in [0.25, 0.3) is 0 Å². The number of aliphatic hydroxyl groups is 1. The highest BCUT2D eigenvalue weighted by atomic mass is 16.3. The van der Waals surface area contributed by atoms with Crippen LogP contribution in [0.4, 0.5) is 11.6 Å². The van der Waals surface area contributed by atoms with E-state index in [2.05, 4.69) is 25.5 Å². The number of piperidine rings is 1. The van der Waals surface area contributed by atoms with Crippen molar-refractivity contribution in [1.82, 2.24) is 15.3 Å². The maximum Gasteiger partial charge on any atom is 0.242 e. The van der Waals surface area contributed by atoms with E-state index in [-0.39, 0.29) is 24.5 Å². The largest absolute Gasteiger partial charge is 0.396 e. The molecular weight excluding hydrogens is 294 g/mol. The van der Waals surface area contributed by atoms with E-state index in [1.54, 1.807) is 7.05 Å². The summed E-state index contributed by atoms with van der Waals surface area (Å²) in [5.74, 6) is 1.86. The van der Waals surface area contributed by atoms with Gasteiger partial charge in [-0.25, -0.2) is 9.97 Å². The Morgan fingerprint density at radius 3 is 2.91 bits per heavy atom. The van der Waals surface area contributed by atoms with Crippen molar-refractivity contribution < 1.29 is 9.90 Å². The van der Waals surface area contributed by atoms with Crippen LogP contribution in [0.5, 0.6) is 0 Å². The molecule has 1 aromatic heterocycles. The number of hydrogen-bond acceptors (Lipinski definition) is 6. The third-order valence-electron chi connectivity index (χ3n) is 4.25. The Morgan fingerprint density at radius 1 is 1.48 bits per heavy atom. The molecule has 2 rings (SSSR count). The van der Waals surface area contributed by atoms with E-state index in [9.17, 15) is 9.90 Å². The second-order valence-electron chi connectivity index (χ2n) is 6.38. The van der Waals surface area contributed by atoms with E-state index in [1.807, 2.05) is 19.9 Å². The number of nitrogens with one attached hydrogen (secondary N) is 2. The van der Waals surface area contributed by atoms with Gasteiger partial charge in [0.1, 0.15) is 24.0 Å². The first-order valence-corrected chi connectivity index (χ1v) is 8.21.